The zero-order valence-corrected chi connectivity index (χ0v) is 20.1. The third-order valence-corrected chi connectivity index (χ3v) is 7.69. The highest BCUT2D eigenvalue weighted by Crippen LogP contribution is 2.37. The third-order valence-electron chi connectivity index (χ3n) is 6.56. The molecule has 1 atom stereocenters. The number of amides is 1. The molecular weight excluding hydrogens is 452 g/mol. The lowest BCUT2D eigenvalue weighted by Crippen LogP contribution is -2.29. The molecule has 176 valence electrons. The van der Waals surface area contributed by atoms with Crippen molar-refractivity contribution in [1.82, 2.24) is 19.8 Å². The summed E-state index contributed by atoms with van der Waals surface area (Å²) in [6.45, 7) is 4.24. The second-order valence-corrected chi connectivity index (χ2v) is 9.76. The molecular formula is C25H26N4O4S. The summed E-state index contributed by atoms with van der Waals surface area (Å²) in [7, 11) is 3.78. The van der Waals surface area contributed by atoms with Crippen LogP contribution in [0, 0.1) is 12.8 Å². The predicted molar refractivity (Wildman–Crippen MR) is 132 cm³/mol. The van der Waals surface area contributed by atoms with Crippen LogP contribution >= 0.6 is 11.3 Å². The standard InChI is InChI=1S/C25H26N4O4S/c1-14-22(25(31)32)17-5-4-16(10-19(17)28(14)3)33-20-6-8-27-18-11-21(34-23(18)20)24(30)29-9-7-15(13-29)12-26-2/h4-6,8,10-11,15,26H,7,9,12-13H2,1-3H3,(H,31,32). The van der Waals surface area contributed by atoms with Gasteiger partial charge in [0.1, 0.15) is 11.5 Å². The van der Waals surface area contributed by atoms with Crippen LogP contribution in [0.25, 0.3) is 21.1 Å². The van der Waals surface area contributed by atoms with E-state index < -0.39 is 5.97 Å². The Morgan fingerprint density at radius 2 is 2.12 bits per heavy atom. The molecule has 9 heteroatoms. The Bertz CT molecular complexity index is 1420. The number of benzene rings is 1. The molecule has 3 aromatic heterocycles. The van der Waals surface area contributed by atoms with Gasteiger partial charge in [-0.3, -0.25) is 9.78 Å². The number of hydrogen-bond acceptors (Lipinski definition) is 6. The third kappa shape index (κ3) is 3.80. The number of aromatic carboxylic acids is 1. The molecule has 2 N–H and O–H groups in total. The van der Waals surface area contributed by atoms with Crippen LogP contribution in [0.15, 0.2) is 36.5 Å². The summed E-state index contributed by atoms with van der Waals surface area (Å²) in [5.41, 5.74) is 2.49. The van der Waals surface area contributed by atoms with Crippen molar-refractivity contribution in [3.05, 3.63) is 52.7 Å². The topological polar surface area (TPSA) is 96.7 Å². The molecule has 0 spiro atoms. The first-order valence-electron chi connectivity index (χ1n) is 11.2. The molecule has 0 bridgehead atoms. The van der Waals surface area contributed by atoms with E-state index in [1.807, 2.05) is 35.7 Å². The van der Waals surface area contributed by atoms with Gasteiger partial charge in [-0.25, -0.2) is 4.79 Å². The van der Waals surface area contributed by atoms with E-state index in [2.05, 4.69) is 10.3 Å². The quantitative estimate of drug-likeness (QED) is 0.430. The van der Waals surface area contributed by atoms with Crippen LogP contribution in [-0.2, 0) is 7.05 Å². The highest BCUT2D eigenvalue weighted by molar-refractivity contribution is 7.21. The Morgan fingerprint density at radius 3 is 2.88 bits per heavy atom. The fourth-order valence-corrected chi connectivity index (χ4v) is 5.77. The summed E-state index contributed by atoms with van der Waals surface area (Å²) in [6, 6.07) is 9.01. The van der Waals surface area contributed by atoms with Gasteiger partial charge < -0.3 is 24.6 Å². The molecule has 1 fully saturated rings. The van der Waals surface area contributed by atoms with Gasteiger partial charge in [-0.1, -0.05) is 0 Å². The van der Waals surface area contributed by atoms with Crippen LogP contribution in [0.4, 0.5) is 0 Å². The monoisotopic (exact) mass is 478 g/mol. The van der Waals surface area contributed by atoms with Gasteiger partial charge in [0.25, 0.3) is 5.91 Å². The predicted octanol–water partition coefficient (Wildman–Crippen LogP) is 4.27. The summed E-state index contributed by atoms with van der Waals surface area (Å²) >= 11 is 1.39. The summed E-state index contributed by atoms with van der Waals surface area (Å²) in [4.78, 5) is 31.8. The number of likely N-dealkylation sites (tertiary alicyclic amines) is 1. The first-order valence-corrected chi connectivity index (χ1v) is 12.0. The maximum Gasteiger partial charge on any atom is 0.338 e. The number of pyridine rings is 1. The lowest BCUT2D eigenvalue weighted by Gasteiger charge is -2.15. The number of rotatable bonds is 6. The molecule has 0 saturated carbocycles. The number of carboxylic acids is 1. The number of fused-ring (bicyclic) bond motifs is 2. The minimum Gasteiger partial charge on any atom is -0.478 e. The molecule has 5 rings (SSSR count). The Balaban J connectivity index is 1.44. The molecule has 1 unspecified atom stereocenters. The fourth-order valence-electron chi connectivity index (χ4n) is 4.73. The normalized spacial score (nSPS) is 16.0. The zero-order chi connectivity index (χ0) is 24.0. The van der Waals surface area contributed by atoms with Gasteiger partial charge in [0, 0.05) is 49.5 Å². The Labute approximate surface area is 200 Å². The van der Waals surface area contributed by atoms with E-state index in [-0.39, 0.29) is 5.91 Å². The van der Waals surface area contributed by atoms with Crippen molar-refractivity contribution >= 4 is 44.3 Å². The van der Waals surface area contributed by atoms with Crippen LogP contribution in [0.5, 0.6) is 11.5 Å². The van der Waals surface area contributed by atoms with E-state index in [0.717, 1.165) is 41.8 Å². The number of aromatic nitrogens is 2. The number of ether oxygens (including phenoxy) is 1. The molecule has 1 aliphatic rings. The average molecular weight is 479 g/mol. The Hall–Kier alpha value is -3.43. The largest absolute Gasteiger partial charge is 0.478 e. The van der Waals surface area contributed by atoms with Crippen LogP contribution in [0.1, 0.15) is 32.1 Å². The summed E-state index contributed by atoms with van der Waals surface area (Å²) in [5.74, 6) is 0.784. The van der Waals surface area contributed by atoms with Crippen molar-refractivity contribution in [2.24, 2.45) is 13.0 Å². The smallest absolute Gasteiger partial charge is 0.338 e. The van der Waals surface area contributed by atoms with Crippen molar-refractivity contribution in [2.45, 2.75) is 13.3 Å². The molecule has 0 radical (unpaired) electrons. The zero-order valence-electron chi connectivity index (χ0n) is 19.3. The fraction of sp³-hybridized carbons (Fsp3) is 0.320. The molecule has 4 aromatic rings. The lowest BCUT2D eigenvalue weighted by atomic mass is 10.1. The maximum atomic E-state index is 13.1. The molecule has 8 nitrogen and oxygen atoms in total. The molecule has 1 aliphatic heterocycles. The van der Waals surface area contributed by atoms with E-state index in [9.17, 15) is 14.7 Å². The SMILES string of the molecule is CNCC1CCN(C(=O)c2cc3nccc(Oc4ccc5c(C(=O)O)c(C)n(C)c5c4)c3s2)C1. The second-order valence-electron chi connectivity index (χ2n) is 8.70. The van der Waals surface area contributed by atoms with Gasteiger partial charge in [0.2, 0.25) is 0 Å². The highest BCUT2D eigenvalue weighted by atomic mass is 32.1. The van der Waals surface area contributed by atoms with Gasteiger partial charge >= 0.3 is 5.97 Å². The Kier molecular flexibility index (Phi) is 5.75. The van der Waals surface area contributed by atoms with Crippen LogP contribution in [-0.4, -0.2) is 58.1 Å². The number of nitrogens with one attached hydrogen (secondary N) is 1. The van der Waals surface area contributed by atoms with Gasteiger partial charge in [-0.15, -0.1) is 11.3 Å². The van der Waals surface area contributed by atoms with Crippen molar-refractivity contribution in [3.8, 4) is 11.5 Å². The van der Waals surface area contributed by atoms with Crippen molar-refractivity contribution in [1.29, 1.82) is 0 Å². The number of aryl methyl sites for hydroxylation is 1. The lowest BCUT2D eigenvalue weighted by molar-refractivity contribution is 0.0697. The van der Waals surface area contributed by atoms with E-state index in [4.69, 9.17) is 4.74 Å². The molecule has 1 saturated heterocycles. The molecule has 4 heterocycles. The van der Waals surface area contributed by atoms with Crippen molar-refractivity contribution in [2.75, 3.05) is 26.7 Å². The van der Waals surface area contributed by atoms with E-state index in [1.165, 1.54) is 11.3 Å². The molecule has 1 aromatic carbocycles. The summed E-state index contributed by atoms with van der Waals surface area (Å²) in [6.07, 6.45) is 2.68. The van der Waals surface area contributed by atoms with E-state index in [0.29, 0.717) is 38.9 Å². The van der Waals surface area contributed by atoms with E-state index >= 15 is 0 Å². The minimum absolute atomic E-state index is 0.0365. The van der Waals surface area contributed by atoms with Crippen LogP contribution < -0.4 is 10.1 Å². The molecule has 0 aliphatic carbocycles. The second kappa shape index (κ2) is 8.73. The summed E-state index contributed by atoms with van der Waals surface area (Å²) in [5, 5.41) is 13.4. The van der Waals surface area contributed by atoms with Gasteiger partial charge in [0.05, 0.1) is 26.2 Å². The van der Waals surface area contributed by atoms with Crippen molar-refractivity contribution < 1.29 is 19.4 Å². The Morgan fingerprint density at radius 1 is 1.29 bits per heavy atom. The maximum absolute atomic E-state index is 13.1. The number of nitrogens with zero attached hydrogens (tertiary/aromatic N) is 3. The summed E-state index contributed by atoms with van der Waals surface area (Å²) < 4.78 is 8.87. The average Bonchev–Trinajstić information content (AvgIpc) is 3.52. The molecule has 1 amide bonds. The number of carbonyl (C=O) groups is 2. The van der Waals surface area contributed by atoms with Crippen LogP contribution in [0.3, 0.4) is 0 Å². The minimum atomic E-state index is -0.946. The van der Waals surface area contributed by atoms with Gasteiger partial charge in [0.15, 0.2) is 0 Å². The van der Waals surface area contributed by atoms with Crippen molar-refractivity contribution in [3.63, 3.8) is 0 Å². The number of thiophene rings is 1. The number of carboxylic acid groups (broad SMARTS) is 1. The molecule has 34 heavy (non-hydrogen) atoms. The highest BCUT2D eigenvalue weighted by Gasteiger charge is 2.28. The van der Waals surface area contributed by atoms with E-state index in [1.54, 1.807) is 31.3 Å². The van der Waals surface area contributed by atoms with Crippen LogP contribution in [0.2, 0.25) is 0 Å². The van der Waals surface area contributed by atoms with Gasteiger partial charge in [-0.2, -0.15) is 0 Å². The first-order chi connectivity index (χ1) is 16.4. The van der Waals surface area contributed by atoms with Gasteiger partial charge in [-0.05, 0) is 51.1 Å². The number of carbonyl (C=O) groups excluding carboxylic acids is 1. The first kappa shape index (κ1) is 22.4. The number of hydrogen-bond donors (Lipinski definition) is 2.